The standard InChI is InChI=1S/C12H23BrN4S/c1-4-6-17-12(10(13)7-15-17)11(16-14)8-18-9(3)5-2/h7,9,11,16H,4-6,8,14H2,1-3H3. The van der Waals surface area contributed by atoms with Crippen molar-refractivity contribution >= 4 is 27.7 Å². The number of hydrogen-bond acceptors (Lipinski definition) is 4. The van der Waals surface area contributed by atoms with Gasteiger partial charge in [0.25, 0.3) is 0 Å². The first-order valence-corrected chi connectivity index (χ1v) is 8.27. The molecular weight excluding hydrogens is 312 g/mol. The summed E-state index contributed by atoms with van der Waals surface area (Å²) in [5.74, 6) is 6.66. The van der Waals surface area contributed by atoms with Crippen LogP contribution in [0.3, 0.4) is 0 Å². The Morgan fingerprint density at radius 1 is 1.56 bits per heavy atom. The van der Waals surface area contributed by atoms with Crippen LogP contribution in [0.2, 0.25) is 0 Å². The molecule has 2 atom stereocenters. The van der Waals surface area contributed by atoms with E-state index in [1.54, 1.807) is 0 Å². The maximum absolute atomic E-state index is 5.70. The van der Waals surface area contributed by atoms with Gasteiger partial charge in [-0.3, -0.25) is 16.0 Å². The van der Waals surface area contributed by atoms with Crippen molar-refractivity contribution < 1.29 is 0 Å². The van der Waals surface area contributed by atoms with E-state index < -0.39 is 0 Å². The van der Waals surface area contributed by atoms with Gasteiger partial charge in [0.05, 0.1) is 22.4 Å². The van der Waals surface area contributed by atoms with Crippen LogP contribution in [0.15, 0.2) is 10.7 Å². The van der Waals surface area contributed by atoms with E-state index in [0.717, 1.165) is 28.9 Å². The molecule has 4 nitrogen and oxygen atoms in total. The van der Waals surface area contributed by atoms with Gasteiger partial charge in [0.2, 0.25) is 0 Å². The Kier molecular flexibility index (Phi) is 7.29. The molecule has 0 aliphatic carbocycles. The first kappa shape index (κ1) is 16.0. The lowest BCUT2D eigenvalue weighted by atomic mass is 10.2. The molecule has 0 aliphatic heterocycles. The molecule has 0 aliphatic rings. The third-order valence-corrected chi connectivity index (χ3v) is 4.96. The van der Waals surface area contributed by atoms with E-state index in [9.17, 15) is 0 Å². The second kappa shape index (κ2) is 8.19. The van der Waals surface area contributed by atoms with Gasteiger partial charge in [-0.2, -0.15) is 16.9 Å². The maximum Gasteiger partial charge on any atom is 0.0730 e. The van der Waals surface area contributed by atoms with Crippen molar-refractivity contribution in [3.05, 3.63) is 16.4 Å². The van der Waals surface area contributed by atoms with Crippen LogP contribution in [0, 0.1) is 0 Å². The fourth-order valence-corrected chi connectivity index (χ4v) is 3.28. The van der Waals surface area contributed by atoms with Crippen molar-refractivity contribution in [2.24, 2.45) is 5.84 Å². The second-order valence-corrected chi connectivity index (χ2v) is 6.70. The summed E-state index contributed by atoms with van der Waals surface area (Å²) >= 11 is 5.50. The molecular formula is C12H23BrN4S. The van der Waals surface area contributed by atoms with Crippen LogP contribution < -0.4 is 11.3 Å². The zero-order valence-electron chi connectivity index (χ0n) is 11.3. The van der Waals surface area contributed by atoms with Gasteiger partial charge in [-0.1, -0.05) is 20.8 Å². The Morgan fingerprint density at radius 2 is 2.28 bits per heavy atom. The van der Waals surface area contributed by atoms with Crippen LogP contribution >= 0.6 is 27.7 Å². The molecule has 1 rings (SSSR count). The summed E-state index contributed by atoms with van der Waals surface area (Å²) in [5.41, 5.74) is 4.06. The number of thioether (sulfide) groups is 1. The minimum atomic E-state index is 0.132. The molecule has 0 fully saturated rings. The fraction of sp³-hybridized carbons (Fsp3) is 0.750. The van der Waals surface area contributed by atoms with Gasteiger partial charge in [0, 0.05) is 17.5 Å². The minimum Gasteiger partial charge on any atom is -0.271 e. The molecule has 2 unspecified atom stereocenters. The third kappa shape index (κ3) is 4.26. The number of rotatable bonds is 8. The van der Waals surface area contributed by atoms with E-state index in [0.29, 0.717) is 5.25 Å². The molecule has 104 valence electrons. The van der Waals surface area contributed by atoms with Crippen molar-refractivity contribution in [2.75, 3.05) is 5.75 Å². The predicted octanol–water partition coefficient (Wildman–Crippen LogP) is 3.09. The lowest BCUT2D eigenvalue weighted by molar-refractivity contribution is 0.507. The first-order valence-electron chi connectivity index (χ1n) is 6.42. The Morgan fingerprint density at radius 3 is 2.83 bits per heavy atom. The SMILES string of the molecule is CCCn1ncc(Br)c1C(CSC(C)CC)NN. The van der Waals surface area contributed by atoms with Crippen LogP contribution in [0.25, 0.3) is 0 Å². The van der Waals surface area contributed by atoms with Crippen molar-refractivity contribution in [3.63, 3.8) is 0 Å². The number of nitrogens with one attached hydrogen (secondary N) is 1. The third-order valence-electron chi connectivity index (χ3n) is 2.92. The molecule has 0 radical (unpaired) electrons. The number of hydrogen-bond donors (Lipinski definition) is 2. The van der Waals surface area contributed by atoms with E-state index in [2.05, 4.69) is 47.2 Å². The Balaban J connectivity index is 2.77. The van der Waals surface area contributed by atoms with Gasteiger partial charge in [0.1, 0.15) is 0 Å². The number of aromatic nitrogens is 2. The molecule has 0 saturated carbocycles. The van der Waals surface area contributed by atoms with Gasteiger partial charge < -0.3 is 0 Å². The highest BCUT2D eigenvalue weighted by Gasteiger charge is 2.19. The molecule has 0 bridgehead atoms. The number of aryl methyl sites for hydroxylation is 1. The summed E-state index contributed by atoms with van der Waals surface area (Å²) in [4.78, 5) is 0. The second-order valence-electron chi connectivity index (χ2n) is 4.37. The average molecular weight is 335 g/mol. The predicted molar refractivity (Wildman–Crippen MR) is 82.5 cm³/mol. The summed E-state index contributed by atoms with van der Waals surface area (Å²) in [6, 6.07) is 0.132. The Bertz CT molecular complexity index is 356. The molecule has 18 heavy (non-hydrogen) atoms. The highest BCUT2D eigenvalue weighted by molar-refractivity contribution is 9.10. The zero-order valence-corrected chi connectivity index (χ0v) is 13.7. The maximum atomic E-state index is 5.70. The van der Waals surface area contributed by atoms with E-state index in [-0.39, 0.29) is 6.04 Å². The van der Waals surface area contributed by atoms with E-state index in [1.165, 1.54) is 6.42 Å². The molecule has 6 heteroatoms. The molecule has 0 amide bonds. The molecule has 0 aromatic carbocycles. The van der Waals surface area contributed by atoms with Gasteiger partial charge in [-0.05, 0) is 28.8 Å². The lowest BCUT2D eigenvalue weighted by Gasteiger charge is -2.19. The van der Waals surface area contributed by atoms with E-state index in [1.807, 2.05) is 22.6 Å². The number of nitrogens with zero attached hydrogens (tertiary/aromatic N) is 2. The summed E-state index contributed by atoms with van der Waals surface area (Å²) < 4.78 is 3.06. The quantitative estimate of drug-likeness (QED) is 0.566. The lowest BCUT2D eigenvalue weighted by Crippen LogP contribution is -2.32. The van der Waals surface area contributed by atoms with Gasteiger partial charge in [-0.25, -0.2) is 0 Å². The summed E-state index contributed by atoms with van der Waals surface area (Å²) in [5, 5.41) is 5.04. The van der Waals surface area contributed by atoms with Crippen LogP contribution in [-0.4, -0.2) is 20.8 Å². The van der Waals surface area contributed by atoms with Crippen LogP contribution in [0.5, 0.6) is 0 Å². The molecule has 0 spiro atoms. The molecule has 0 saturated heterocycles. The summed E-state index contributed by atoms with van der Waals surface area (Å²) in [7, 11) is 0. The number of halogens is 1. The van der Waals surface area contributed by atoms with Crippen molar-refractivity contribution in [3.8, 4) is 0 Å². The first-order chi connectivity index (χ1) is 8.63. The Labute approximate surface area is 122 Å². The molecule has 1 heterocycles. The van der Waals surface area contributed by atoms with Crippen molar-refractivity contribution in [2.45, 2.75) is 51.4 Å². The normalized spacial score (nSPS) is 14.7. The molecule has 1 aromatic rings. The summed E-state index contributed by atoms with van der Waals surface area (Å²) in [6.07, 6.45) is 4.09. The van der Waals surface area contributed by atoms with Crippen LogP contribution in [0.1, 0.15) is 45.3 Å². The van der Waals surface area contributed by atoms with Gasteiger partial charge in [0.15, 0.2) is 0 Å². The van der Waals surface area contributed by atoms with Crippen molar-refractivity contribution in [1.82, 2.24) is 15.2 Å². The van der Waals surface area contributed by atoms with Crippen LogP contribution in [0.4, 0.5) is 0 Å². The van der Waals surface area contributed by atoms with Gasteiger partial charge >= 0.3 is 0 Å². The number of hydrazine groups is 1. The largest absolute Gasteiger partial charge is 0.271 e. The summed E-state index contributed by atoms with van der Waals surface area (Å²) in [6.45, 7) is 7.53. The minimum absolute atomic E-state index is 0.132. The fourth-order valence-electron chi connectivity index (χ4n) is 1.69. The zero-order chi connectivity index (χ0) is 13.5. The molecule has 3 N–H and O–H groups in total. The Hall–Kier alpha value is -0.0400. The highest BCUT2D eigenvalue weighted by atomic mass is 79.9. The van der Waals surface area contributed by atoms with Crippen molar-refractivity contribution in [1.29, 1.82) is 0 Å². The molecule has 1 aromatic heterocycles. The topological polar surface area (TPSA) is 55.9 Å². The van der Waals surface area contributed by atoms with E-state index >= 15 is 0 Å². The average Bonchev–Trinajstić information content (AvgIpc) is 2.72. The van der Waals surface area contributed by atoms with E-state index in [4.69, 9.17) is 5.84 Å². The monoisotopic (exact) mass is 334 g/mol. The number of nitrogens with two attached hydrogens (primary N) is 1. The van der Waals surface area contributed by atoms with Gasteiger partial charge in [-0.15, -0.1) is 0 Å². The van der Waals surface area contributed by atoms with Crippen LogP contribution in [-0.2, 0) is 6.54 Å². The smallest absolute Gasteiger partial charge is 0.0730 e. The highest BCUT2D eigenvalue weighted by Crippen LogP contribution is 2.27.